The number of carbonyl (C=O) groups excluding carboxylic acids is 1. The fraction of sp³-hybridized carbons (Fsp3) is 0.389. The van der Waals surface area contributed by atoms with E-state index in [0.29, 0.717) is 12.3 Å². The van der Waals surface area contributed by atoms with Gasteiger partial charge in [0.05, 0.1) is 0 Å². The molecule has 0 saturated carbocycles. The Hall–Kier alpha value is -2.07. The highest BCUT2D eigenvalue weighted by Gasteiger charge is 2.23. The van der Waals surface area contributed by atoms with Crippen LogP contribution in [0.15, 0.2) is 42.5 Å². The molecule has 0 bridgehead atoms. The van der Waals surface area contributed by atoms with E-state index in [1.807, 2.05) is 42.5 Å². The van der Waals surface area contributed by atoms with Crippen LogP contribution in [0.25, 0.3) is 10.8 Å². The van der Waals surface area contributed by atoms with Gasteiger partial charge < -0.3 is 14.7 Å². The number of likely N-dealkylation sites (tertiary alicyclic amines) is 1. The molecule has 3 rings (SSSR count). The van der Waals surface area contributed by atoms with Crippen molar-refractivity contribution in [3.05, 3.63) is 42.5 Å². The Bertz CT molecular complexity index is 656. The number of fused-ring (bicyclic) bond motifs is 1. The SMILES string of the molecule is O=C(COc1ccc2ccccc2c1)N1CCCC(CO)C1. The van der Waals surface area contributed by atoms with Crippen molar-refractivity contribution in [1.29, 1.82) is 0 Å². The van der Waals surface area contributed by atoms with Crippen LogP contribution in [0, 0.1) is 5.92 Å². The molecule has 116 valence electrons. The summed E-state index contributed by atoms with van der Waals surface area (Å²) in [6.07, 6.45) is 1.94. The van der Waals surface area contributed by atoms with Gasteiger partial charge >= 0.3 is 0 Å². The van der Waals surface area contributed by atoms with E-state index in [1.54, 1.807) is 4.90 Å². The molecule has 1 atom stereocenters. The van der Waals surface area contributed by atoms with Crippen molar-refractivity contribution in [2.45, 2.75) is 12.8 Å². The first-order chi connectivity index (χ1) is 10.8. The van der Waals surface area contributed by atoms with Crippen LogP contribution in [0.5, 0.6) is 5.75 Å². The number of ether oxygens (including phenoxy) is 1. The molecule has 1 aliphatic heterocycles. The highest BCUT2D eigenvalue weighted by molar-refractivity contribution is 5.84. The Labute approximate surface area is 130 Å². The minimum Gasteiger partial charge on any atom is -0.484 e. The standard InChI is InChI=1S/C18H21NO3/c20-12-14-4-3-9-19(11-14)18(21)13-22-17-8-7-15-5-1-2-6-16(15)10-17/h1-2,5-8,10,14,20H,3-4,9,11-13H2. The fourth-order valence-electron chi connectivity index (χ4n) is 2.93. The zero-order valence-corrected chi connectivity index (χ0v) is 12.6. The van der Waals surface area contributed by atoms with Gasteiger partial charge in [0.25, 0.3) is 5.91 Å². The normalized spacial score (nSPS) is 18.4. The van der Waals surface area contributed by atoms with Crippen LogP contribution in [0.2, 0.25) is 0 Å². The van der Waals surface area contributed by atoms with Crippen molar-refractivity contribution in [2.75, 3.05) is 26.3 Å². The summed E-state index contributed by atoms with van der Waals surface area (Å²) in [7, 11) is 0. The second kappa shape index (κ2) is 6.79. The van der Waals surface area contributed by atoms with Crippen LogP contribution < -0.4 is 4.74 Å². The van der Waals surface area contributed by atoms with Crippen molar-refractivity contribution in [3.8, 4) is 5.75 Å². The number of carbonyl (C=O) groups is 1. The summed E-state index contributed by atoms with van der Waals surface area (Å²) in [6, 6.07) is 13.9. The average Bonchev–Trinajstić information content (AvgIpc) is 2.59. The highest BCUT2D eigenvalue weighted by atomic mass is 16.5. The first-order valence-electron chi connectivity index (χ1n) is 7.76. The van der Waals surface area contributed by atoms with Crippen molar-refractivity contribution in [2.24, 2.45) is 5.92 Å². The number of rotatable bonds is 4. The van der Waals surface area contributed by atoms with Crippen LogP contribution in [0.4, 0.5) is 0 Å². The van der Waals surface area contributed by atoms with Crippen LogP contribution in [0.3, 0.4) is 0 Å². The van der Waals surface area contributed by atoms with E-state index in [0.717, 1.165) is 30.2 Å². The van der Waals surface area contributed by atoms with E-state index in [4.69, 9.17) is 4.74 Å². The van der Waals surface area contributed by atoms with Crippen LogP contribution in [-0.2, 0) is 4.79 Å². The Morgan fingerprint density at radius 2 is 2.05 bits per heavy atom. The summed E-state index contributed by atoms with van der Waals surface area (Å²) in [4.78, 5) is 14.0. The molecule has 2 aromatic rings. The fourth-order valence-corrected chi connectivity index (χ4v) is 2.93. The van der Waals surface area contributed by atoms with E-state index < -0.39 is 0 Å². The lowest BCUT2D eigenvalue weighted by Crippen LogP contribution is -2.43. The lowest BCUT2D eigenvalue weighted by molar-refractivity contribution is -0.135. The van der Waals surface area contributed by atoms with Crippen molar-refractivity contribution in [1.82, 2.24) is 4.90 Å². The molecule has 0 radical (unpaired) electrons. The van der Waals surface area contributed by atoms with Crippen molar-refractivity contribution < 1.29 is 14.6 Å². The third-order valence-electron chi connectivity index (χ3n) is 4.21. The summed E-state index contributed by atoms with van der Waals surface area (Å²) < 4.78 is 5.64. The quantitative estimate of drug-likeness (QED) is 0.943. The van der Waals surface area contributed by atoms with Gasteiger partial charge in [0, 0.05) is 19.7 Å². The molecular formula is C18H21NO3. The van der Waals surface area contributed by atoms with Gasteiger partial charge in [0.15, 0.2) is 6.61 Å². The number of nitrogens with zero attached hydrogens (tertiary/aromatic N) is 1. The molecule has 4 nitrogen and oxygen atoms in total. The molecule has 22 heavy (non-hydrogen) atoms. The first-order valence-corrected chi connectivity index (χ1v) is 7.76. The monoisotopic (exact) mass is 299 g/mol. The highest BCUT2D eigenvalue weighted by Crippen LogP contribution is 2.21. The molecule has 0 aromatic heterocycles. The molecule has 2 aromatic carbocycles. The van der Waals surface area contributed by atoms with E-state index in [9.17, 15) is 9.90 Å². The number of piperidine rings is 1. The Morgan fingerprint density at radius 1 is 1.23 bits per heavy atom. The average molecular weight is 299 g/mol. The molecule has 4 heteroatoms. The zero-order chi connectivity index (χ0) is 15.4. The smallest absolute Gasteiger partial charge is 0.260 e. The molecule has 1 amide bonds. The maximum absolute atomic E-state index is 12.2. The van der Waals surface area contributed by atoms with Crippen LogP contribution in [-0.4, -0.2) is 42.2 Å². The number of amides is 1. The number of aliphatic hydroxyl groups excluding tert-OH is 1. The summed E-state index contributed by atoms with van der Waals surface area (Å²) in [5, 5.41) is 11.5. The van der Waals surface area contributed by atoms with Gasteiger partial charge in [-0.2, -0.15) is 0 Å². The maximum atomic E-state index is 12.2. The third kappa shape index (κ3) is 3.39. The van der Waals surface area contributed by atoms with Crippen molar-refractivity contribution >= 4 is 16.7 Å². The van der Waals surface area contributed by atoms with Crippen LogP contribution >= 0.6 is 0 Å². The first kappa shape index (κ1) is 14.9. The van der Waals surface area contributed by atoms with Gasteiger partial charge in [-0.1, -0.05) is 30.3 Å². The number of hydrogen-bond acceptors (Lipinski definition) is 3. The minimum atomic E-state index is -0.00805. The zero-order valence-electron chi connectivity index (χ0n) is 12.6. The van der Waals surface area contributed by atoms with E-state index >= 15 is 0 Å². The molecule has 1 unspecified atom stereocenters. The predicted molar refractivity (Wildman–Crippen MR) is 85.8 cm³/mol. The minimum absolute atomic E-state index is 0.00805. The summed E-state index contributed by atoms with van der Waals surface area (Å²) in [5.41, 5.74) is 0. The van der Waals surface area contributed by atoms with Gasteiger partial charge in [-0.25, -0.2) is 0 Å². The summed E-state index contributed by atoms with van der Waals surface area (Å²) >= 11 is 0. The molecular weight excluding hydrogens is 278 g/mol. The third-order valence-corrected chi connectivity index (χ3v) is 4.21. The van der Waals surface area contributed by atoms with Gasteiger partial charge in [0.1, 0.15) is 5.75 Å². The van der Waals surface area contributed by atoms with E-state index in [1.165, 1.54) is 0 Å². The Kier molecular flexibility index (Phi) is 4.59. The molecule has 1 fully saturated rings. The summed E-state index contributed by atoms with van der Waals surface area (Å²) in [5.74, 6) is 0.910. The predicted octanol–water partition coefficient (Wildman–Crippen LogP) is 2.45. The molecule has 0 spiro atoms. The van der Waals surface area contributed by atoms with Gasteiger partial charge in [-0.3, -0.25) is 4.79 Å². The van der Waals surface area contributed by atoms with Gasteiger partial charge in [-0.15, -0.1) is 0 Å². The summed E-state index contributed by atoms with van der Waals surface area (Å²) in [6.45, 7) is 1.60. The Morgan fingerprint density at radius 3 is 2.86 bits per heavy atom. The van der Waals surface area contributed by atoms with E-state index in [2.05, 4.69) is 0 Å². The second-order valence-corrected chi connectivity index (χ2v) is 5.83. The lowest BCUT2D eigenvalue weighted by atomic mass is 9.99. The van der Waals surface area contributed by atoms with Gasteiger partial charge in [-0.05, 0) is 41.7 Å². The number of benzene rings is 2. The van der Waals surface area contributed by atoms with Gasteiger partial charge in [0.2, 0.25) is 0 Å². The molecule has 1 aliphatic rings. The topological polar surface area (TPSA) is 49.8 Å². The molecule has 1 N–H and O–H groups in total. The molecule has 1 saturated heterocycles. The van der Waals surface area contributed by atoms with E-state index in [-0.39, 0.29) is 25.0 Å². The molecule has 0 aliphatic carbocycles. The Balaban J connectivity index is 1.59. The van der Waals surface area contributed by atoms with Crippen molar-refractivity contribution in [3.63, 3.8) is 0 Å². The molecule has 1 heterocycles. The largest absolute Gasteiger partial charge is 0.484 e. The number of aliphatic hydroxyl groups is 1. The van der Waals surface area contributed by atoms with Crippen LogP contribution in [0.1, 0.15) is 12.8 Å². The lowest BCUT2D eigenvalue weighted by Gasteiger charge is -2.31. The second-order valence-electron chi connectivity index (χ2n) is 5.83. The maximum Gasteiger partial charge on any atom is 0.260 e. The number of hydrogen-bond donors (Lipinski definition) is 1.